The van der Waals surface area contributed by atoms with Crippen LogP contribution in [0.4, 0.5) is 15.8 Å². The standard InChI is InChI=1S/C29H30FN5OS/c1-2-20-10-12-28(15-20)11-5-13-34(18-28)25-9-8-22(30)14-23(25)33-29(19-36-29)26-17-37-27(32-26)35-24-7-4-3-6-21(24)16-31-35/h2-4,6-9,14,16-17,20,33H,1,5,10-13,15,18-19H2. The lowest BCUT2D eigenvalue weighted by atomic mass is 9.77. The molecule has 1 aliphatic carbocycles. The lowest BCUT2D eigenvalue weighted by Crippen LogP contribution is -2.42. The van der Waals surface area contributed by atoms with Crippen molar-refractivity contribution in [3.05, 3.63) is 78.2 Å². The van der Waals surface area contributed by atoms with Gasteiger partial charge in [0.2, 0.25) is 10.9 Å². The summed E-state index contributed by atoms with van der Waals surface area (Å²) < 4.78 is 22.3. The predicted octanol–water partition coefficient (Wildman–Crippen LogP) is 6.49. The maximum absolute atomic E-state index is 14.5. The lowest BCUT2D eigenvalue weighted by molar-refractivity contribution is 0.235. The van der Waals surface area contributed by atoms with Crippen molar-refractivity contribution < 1.29 is 9.13 Å². The quantitative estimate of drug-likeness (QED) is 0.235. The first-order valence-corrected chi connectivity index (χ1v) is 13.9. The highest BCUT2D eigenvalue weighted by atomic mass is 32.1. The van der Waals surface area contributed by atoms with Crippen LogP contribution in [0, 0.1) is 17.2 Å². The Morgan fingerprint density at radius 2 is 2.11 bits per heavy atom. The third kappa shape index (κ3) is 4.03. The van der Waals surface area contributed by atoms with Gasteiger partial charge < -0.3 is 15.0 Å². The molecule has 0 bridgehead atoms. The van der Waals surface area contributed by atoms with Gasteiger partial charge in [-0.1, -0.05) is 24.3 Å². The third-order valence-electron chi connectivity index (χ3n) is 8.37. The second kappa shape index (κ2) is 8.67. The Morgan fingerprint density at radius 1 is 1.22 bits per heavy atom. The Bertz CT molecular complexity index is 1480. The van der Waals surface area contributed by atoms with Crippen LogP contribution in [0.3, 0.4) is 0 Å². The largest absolute Gasteiger partial charge is 0.369 e. The average Bonchev–Trinajstić information content (AvgIpc) is 3.26. The number of nitrogens with one attached hydrogen (secondary N) is 1. The van der Waals surface area contributed by atoms with E-state index in [2.05, 4.69) is 28.0 Å². The molecule has 8 heteroatoms. The number of hydrogen-bond donors (Lipinski definition) is 1. The molecule has 3 atom stereocenters. The van der Waals surface area contributed by atoms with Crippen molar-refractivity contribution in [1.82, 2.24) is 14.8 Å². The second-order valence-electron chi connectivity index (χ2n) is 10.8. The zero-order valence-electron chi connectivity index (χ0n) is 20.7. The molecular weight excluding hydrogens is 485 g/mol. The number of allylic oxidation sites excluding steroid dienone is 1. The first kappa shape index (κ1) is 22.9. The summed E-state index contributed by atoms with van der Waals surface area (Å²) in [6, 6.07) is 13.2. The topological polar surface area (TPSA) is 58.5 Å². The van der Waals surface area contributed by atoms with E-state index in [1.54, 1.807) is 12.1 Å². The Labute approximate surface area is 219 Å². The van der Waals surface area contributed by atoms with Crippen LogP contribution in [0.2, 0.25) is 0 Å². The van der Waals surface area contributed by atoms with E-state index in [-0.39, 0.29) is 5.82 Å². The molecule has 0 amide bonds. The number of epoxide rings is 1. The minimum absolute atomic E-state index is 0.261. The van der Waals surface area contributed by atoms with Crippen molar-refractivity contribution in [3.8, 4) is 5.13 Å². The molecule has 2 aliphatic heterocycles. The minimum atomic E-state index is -0.755. The molecule has 1 N–H and O–H groups in total. The first-order valence-electron chi connectivity index (χ1n) is 13.0. The first-order chi connectivity index (χ1) is 18.1. The molecule has 7 rings (SSSR count). The van der Waals surface area contributed by atoms with Crippen LogP contribution in [0.15, 0.2) is 66.7 Å². The van der Waals surface area contributed by atoms with E-state index in [0.29, 0.717) is 17.9 Å². The van der Waals surface area contributed by atoms with Crippen LogP contribution in [0.25, 0.3) is 16.0 Å². The van der Waals surface area contributed by atoms with Gasteiger partial charge in [-0.3, -0.25) is 0 Å². The number of halogens is 1. The van der Waals surface area contributed by atoms with Crippen LogP contribution in [0.5, 0.6) is 0 Å². The van der Waals surface area contributed by atoms with E-state index >= 15 is 0 Å². The summed E-state index contributed by atoms with van der Waals surface area (Å²) >= 11 is 1.53. The molecule has 2 aromatic heterocycles. The molecule has 1 saturated carbocycles. The molecule has 3 fully saturated rings. The van der Waals surface area contributed by atoms with E-state index in [4.69, 9.17) is 9.72 Å². The summed E-state index contributed by atoms with van der Waals surface area (Å²) in [5.41, 5.74) is 3.17. The van der Waals surface area contributed by atoms with Gasteiger partial charge in [-0.05, 0) is 67.7 Å². The van der Waals surface area contributed by atoms with E-state index in [1.165, 1.54) is 37.0 Å². The van der Waals surface area contributed by atoms with E-state index in [1.807, 2.05) is 46.6 Å². The zero-order chi connectivity index (χ0) is 25.0. The monoisotopic (exact) mass is 515 g/mol. The Hall–Kier alpha value is -3.23. The number of para-hydroxylation sites is 1. The number of aromatic nitrogens is 3. The molecule has 1 spiro atoms. The number of anilines is 2. The molecule has 4 aromatic rings. The van der Waals surface area contributed by atoms with Gasteiger partial charge in [0.15, 0.2) is 0 Å². The third-order valence-corrected chi connectivity index (χ3v) is 9.18. The van der Waals surface area contributed by atoms with Crippen LogP contribution in [-0.2, 0) is 10.5 Å². The fourth-order valence-corrected chi connectivity index (χ4v) is 7.22. The van der Waals surface area contributed by atoms with Crippen LogP contribution >= 0.6 is 11.3 Å². The maximum atomic E-state index is 14.5. The molecule has 3 unspecified atom stereocenters. The van der Waals surface area contributed by atoms with Crippen LogP contribution in [0.1, 0.15) is 37.8 Å². The van der Waals surface area contributed by atoms with Crippen molar-refractivity contribution in [3.63, 3.8) is 0 Å². The second-order valence-corrected chi connectivity index (χ2v) is 11.6. The Balaban J connectivity index is 1.17. The highest BCUT2D eigenvalue weighted by Gasteiger charge is 2.50. The molecular formula is C29H30FN5OS. The Kier molecular flexibility index (Phi) is 5.37. The normalized spacial score (nSPS) is 27.2. The molecule has 37 heavy (non-hydrogen) atoms. The van der Waals surface area contributed by atoms with Crippen LogP contribution in [-0.4, -0.2) is 34.5 Å². The predicted molar refractivity (Wildman–Crippen MR) is 146 cm³/mol. The summed E-state index contributed by atoms with van der Waals surface area (Å²) in [6.45, 7) is 6.50. The van der Waals surface area contributed by atoms with Gasteiger partial charge in [0, 0.05) is 23.9 Å². The maximum Gasteiger partial charge on any atom is 0.211 e. The van der Waals surface area contributed by atoms with Gasteiger partial charge in [0.1, 0.15) is 18.1 Å². The van der Waals surface area contributed by atoms with Crippen molar-refractivity contribution in [2.24, 2.45) is 11.3 Å². The van der Waals surface area contributed by atoms with Crippen molar-refractivity contribution in [2.45, 2.75) is 37.8 Å². The number of benzene rings is 2. The van der Waals surface area contributed by atoms with Crippen molar-refractivity contribution in [2.75, 3.05) is 29.9 Å². The molecule has 190 valence electrons. The SMILES string of the molecule is C=CC1CCC2(CCCN(c3ccc(F)cc3NC3(c4csc(-n5ncc6ccccc65)n4)CO3)C2)C1. The number of nitrogens with zero attached hydrogens (tertiary/aromatic N) is 4. The summed E-state index contributed by atoms with van der Waals surface area (Å²) in [7, 11) is 0. The van der Waals surface area contributed by atoms with Gasteiger partial charge in [0.05, 0.1) is 23.1 Å². The van der Waals surface area contributed by atoms with Crippen molar-refractivity contribution in [1.29, 1.82) is 0 Å². The smallest absolute Gasteiger partial charge is 0.211 e. The summed E-state index contributed by atoms with van der Waals surface area (Å²) in [6.07, 6.45) is 10.0. The highest BCUT2D eigenvalue weighted by molar-refractivity contribution is 7.12. The summed E-state index contributed by atoms with van der Waals surface area (Å²) in [4.78, 5) is 7.33. The van der Waals surface area contributed by atoms with E-state index < -0.39 is 5.72 Å². The number of ether oxygens (including phenoxy) is 1. The number of rotatable bonds is 6. The van der Waals surface area contributed by atoms with Gasteiger partial charge in [-0.25, -0.2) is 14.1 Å². The fourth-order valence-electron chi connectivity index (χ4n) is 6.37. The number of fused-ring (bicyclic) bond motifs is 1. The Morgan fingerprint density at radius 3 is 2.95 bits per heavy atom. The molecule has 4 heterocycles. The van der Waals surface area contributed by atoms with Gasteiger partial charge in [0.25, 0.3) is 0 Å². The number of hydrogen-bond acceptors (Lipinski definition) is 6. The van der Waals surface area contributed by atoms with Gasteiger partial charge in [-0.2, -0.15) is 5.10 Å². The van der Waals surface area contributed by atoms with Gasteiger partial charge >= 0.3 is 0 Å². The zero-order valence-corrected chi connectivity index (χ0v) is 21.5. The number of piperidine rings is 1. The fraction of sp³-hybridized carbons (Fsp3) is 0.379. The average molecular weight is 516 g/mol. The van der Waals surface area contributed by atoms with E-state index in [9.17, 15) is 4.39 Å². The molecule has 6 nitrogen and oxygen atoms in total. The van der Waals surface area contributed by atoms with Gasteiger partial charge in [-0.15, -0.1) is 17.9 Å². The molecule has 2 saturated heterocycles. The van der Waals surface area contributed by atoms with Crippen LogP contribution < -0.4 is 10.2 Å². The lowest BCUT2D eigenvalue weighted by Gasteiger charge is -2.42. The van der Waals surface area contributed by atoms with E-state index in [0.717, 1.165) is 52.6 Å². The number of thiazole rings is 1. The summed E-state index contributed by atoms with van der Waals surface area (Å²) in [5.74, 6) is 0.350. The summed E-state index contributed by atoms with van der Waals surface area (Å²) in [5, 5.41) is 11.9. The molecule has 2 aromatic carbocycles. The highest BCUT2D eigenvalue weighted by Crippen LogP contribution is 2.50. The van der Waals surface area contributed by atoms with Crippen molar-refractivity contribution >= 4 is 33.6 Å². The molecule has 3 aliphatic rings. The molecule has 0 radical (unpaired) electrons. The minimum Gasteiger partial charge on any atom is -0.369 e.